The molecule has 1 atom stereocenters. The first-order valence-corrected chi connectivity index (χ1v) is 11.4. The minimum atomic E-state index is -0.657. The highest BCUT2D eigenvalue weighted by atomic mass is 16.5. The number of rotatable bonds is 11. The van der Waals surface area contributed by atoms with Crippen molar-refractivity contribution in [1.29, 1.82) is 0 Å². The quantitative estimate of drug-likeness (QED) is 0.239. The van der Waals surface area contributed by atoms with Crippen LogP contribution in [0.1, 0.15) is 37.4 Å². The minimum absolute atomic E-state index is 0.119. The summed E-state index contributed by atoms with van der Waals surface area (Å²) in [4.78, 5) is 30.0. The molecule has 1 heterocycles. The van der Waals surface area contributed by atoms with Crippen molar-refractivity contribution >= 4 is 17.4 Å². The SMILES string of the molecule is C=CCOc1ccc(C2/C(=C(/O)c3ccccc3)C(=O)C(=O)N2CCCN(CC)CC)cc1. The number of ketones is 1. The predicted octanol–water partition coefficient (Wildman–Crippen LogP) is 4.41. The van der Waals surface area contributed by atoms with Crippen LogP contribution in [0.15, 0.2) is 72.8 Å². The van der Waals surface area contributed by atoms with Gasteiger partial charge in [0.2, 0.25) is 0 Å². The second-order valence-corrected chi connectivity index (χ2v) is 7.91. The molecule has 1 N–H and O–H groups in total. The van der Waals surface area contributed by atoms with Crippen molar-refractivity contribution in [2.45, 2.75) is 26.3 Å². The standard InChI is InChI=1S/C27H32N2O4/c1-4-19-33-22-15-13-20(14-16-22)24-23(25(30)21-11-8-7-9-12-21)26(31)27(32)29(24)18-10-17-28(5-2)6-3/h4,7-9,11-16,24,30H,1,5-6,10,17-19H2,2-3H3/b25-23-. The van der Waals surface area contributed by atoms with Crippen LogP contribution in [0.5, 0.6) is 5.75 Å². The number of amides is 1. The molecule has 0 spiro atoms. The molecule has 0 radical (unpaired) electrons. The molecule has 1 saturated heterocycles. The van der Waals surface area contributed by atoms with E-state index in [1.165, 1.54) is 0 Å². The van der Waals surface area contributed by atoms with Crippen molar-refractivity contribution in [2.75, 3.05) is 32.8 Å². The highest BCUT2D eigenvalue weighted by Gasteiger charge is 2.45. The fourth-order valence-electron chi connectivity index (χ4n) is 4.11. The van der Waals surface area contributed by atoms with Gasteiger partial charge < -0.3 is 19.6 Å². The van der Waals surface area contributed by atoms with E-state index in [1.54, 1.807) is 47.4 Å². The summed E-state index contributed by atoms with van der Waals surface area (Å²) >= 11 is 0. The second-order valence-electron chi connectivity index (χ2n) is 7.91. The lowest BCUT2D eigenvalue weighted by Crippen LogP contribution is -2.33. The Morgan fingerprint density at radius 3 is 2.36 bits per heavy atom. The van der Waals surface area contributed by atoms with E-state index in [-0.39, 0.29) is 11.3 Å². The van der Waals surface area contributed by atoms with Gasteiger partial charge in [0.05, 0.1) is 11.6 Å². The average molecular weight is 449 g/mol. The molecule has 1 aliphatic heterocycles. The van der Waals surface area contributed by atoms with Gasteiger partial charge in [-0.1, -0.05) is 69.0 Å². The van der Waals surface area contributed by atoms with Crippen LogP contribution in [-0.2, 0) is 9.59 Å². The summed E-state index contributed by atoms with van der Waals surface area (Å²) in [5, 5.41) is 11.1. The molecule has 1 unspecified atom stereocenters. The number of aliphatic hydroxyl groups excluding tert-OH is 1. The van der Waals surface area contributed by atoms with Gasteiger partial charge in [-0.25, -0.2) is 0 Å². The van der Waals surface area contributed by atoms with Gasteiger partial charge in [-0.05, 0) is 43.8 Å². The number of likely N-dealkylation sites (tertiary alicyclic amines) is 1. The Kier molecular flexibility index (Phi) is 8.44. The van der Waals surface area contributed by atoms with Gasteiger partial charge in [0.15, 0.2) is 0 Å². The Morgan fingerprint density at radius 1 is 1.09 bits per heavy atom. The average Bonchev–Trinajstić information content (AvgIpc) is 3.10. The van der Waals surface area contributed by atoms with Gasteiger partial charge in [-0.2, -0.15) is 0 Å². The molecule has 3 rings (SSSR count). The van der Waals surface area contributed by atoms with E-state index < -0.39 is 17.7 Å². The maximum Gasteiger partial charge on any atom is 0.295 e. The van der Waals surface area contributed by atoms with Crippen LogP contribution in [-0.4, -0.2) is 59.4 Å². The molecule has 6 nitrogen and oxygen atoms in total. The number of carbonyl (C=O) groups is 2. The summed E-state index contributed by atoms with van der Waals surface area (Å²) in [6.07, 6.45) is 2.40. The van der Waals surface area contributed by atoms with E-state index >= 15 is 0 Å². The number of nitrogens with zero attached hydrogens (tertiary/aromatic N) is 2. The maximum atomic E-state index is 13.1. The first-order chi connectivity index (χ1) is 16.0. The number of carbonyl (C=O) groups excluding carboxylic acids is 2. The zero-order valence-corrected chi connectivity index (χ0v) is 19.4. The van der Waals surface area contributed by atoms with Crippen LogP contribution in [0.2, 0.25) is 0 Å². The number of hydrogen-bond donors (Lipinski definition) is 1. The second kappa shape index (κ2) is 11.5. The molecule has 2 aromatic carbocycles. The number of benzene rings is 2. The largest absolute Gasteiger partial charge is 0.507 e. The lowest BCUT2D eigenvalue weighted by Gasteiger charge is -2.27. The van der Waals surface area contributed by atoms with Gasteiger partial charge in [0.1, 0.15) is 18.1 Å². The normalized spacial score (nSPS) is 17.5. The van der Waals surface area contributed by atoms with Crippen molar-refractivity contribution in [1.82, 2.24) is 9.80 Å². The van der Waals surface area contributed by atoms with Crippen molar-refractivity contribution in [3.8, 4) is 5.75 Å². The van der Waals surface area contributed by atoms with Crippen molar-refractivity contribution < 1.29 is 19.4 Å². The lowest BCUT2D eigenvalue weighted by molar-refractivity contribution is -0.140. The van der Waals surface area contributed by atoms with E-state index in [0.29, 0.717) is 24.5 Å². The Labute approximate surface area is 195 Å². The first-order valence-electron chi connectivity index (χ1n) is 11.4. The summed E-state index contributed by atoms with van der Waals surface area (Å²) in [5.74, 6) is -0.724. The van der Waals surface area contributed by atoms with E-state index in [2.05, 4.69) is 25.3 Å². The maximum absolute atomic E-state index is 13.1. The topological polar surface area (TPSA) is 70.1 Å². The van der Waals surface area contributed by atoms with Crippen LogP contribution in [0, 0.1) is 0 Å². The van der Waals surface area contributed by atoms with Crippen molar-refractivity contribution in [3.05, 3.63) is 84.0 Å². The van der Waals surface area contributed by atoms with E-state index in [4.69, 9.17) is 4.74 Å². The number of Topliss-reactive ketones (excluding diaryl/α,β-unsaturated/α-hetero) is 1. The van der Waals surface area contributed by atoms with E-state index in [9.17, 15) is 14.7 Å². The van der Waals surface area contributed by atoms with Crippen LogP contribution in [0.25, 0.3) is 5.76 Å². The summed E-state index contributed by atoms with van der Waals surface area (Å²) in [7, 11) is 0. The first kappa shape index (κ1) is 24.3. The molecule has 0 saturated carbocycles. The molecular weight excluding hydrogens is 416 g/mol. The van der Waals surface area contributed by atoms with E-state index in [1.807, 2.05) is 18.2 Å². The third kappa shape index (κ3) is 5.52. The third-order valence-corrected chi connectivity index (χ3v) is 5.92. The summed E-state index contributed by atoms with van der Waals surface area (Å²) < 4.78 is 5.57. The molecular formula is C27H32N2O4. The van der Waals surface area contributed by atoms with Gasteiger partial charge in [-0.3, -0.25) is 9.59 Å². The highest BCUT2D eigenvalue weighted by molar-refractivity contribution is 6.46. The van der Waals surface area contributed by atoms with Crippen molar-refractivity contribution in [3.63, 3.8) is 0 Å². The lowest BCUT2D eigenvalue weighted by atomic mass is 9.95. The predicted molar refractivity (Wildman–Crippen MR) is 130 cm³/mol. The Morgan fingerprint density at radius 2 is 1.76 bits per heavy atom. The van der Waals surface area contributed by atoms with Gasteiger partial charge in [-0.15, -0.1) is 0 Å². The minimum Gasteiger partial charge on any atom is -0.507 e. The Bertz CT molecular complexity index is 995. The van der Waals surface area contributed by atoms with E-state index in [0.717, 1.165) is 31.6 Å². The van der Waals surface area contributed by atoms with Crippen LogP contribution >= 0.6 is 0 Å². The van der Waals surface area contributed by atoms with Gasteiger partial charge in [0.25, 0.3) is 11.7 Å². The fourth-order valence-corrected chi connectivity index (χ4v) is 4.11. The monoisotopic (exact) mass is 448 g/mol. The number of hydrogen-bond acceptors (Lipinski definition) is 5. The Hall–Kier alpha value is -3.38. The molecule has 174 valence electrons. The molecule has 33 heavy (non-hydrogen) atoms. The molecule has 6 heteroatoms. The van der Waals surface area contributed by atoms with Crippen LogP contribution in [0.4, 0.5) is 0 Å². The van der Waals surface area contributed by atoms with Gasteiger partial charge >= 0.3 is 0 Å². The summed E-state index contributed by atoms with van der Waals surface area (Å²) in [5.41, 5.74) is 1.38. The van der Waals surface area contributed by atoms with Crippen LogP contribution in [0.3, 0.4) is 0 Å². The fraction of sp³-hybridized carbons (Fsp3) is 0.333. The third-order valence-electron chi connectivity index (χ3n) is 5.92. The molecule has 1 aliphatic rings. The smallest absolute Gasteiger partial charge is 0.295 e. The summed E-state index contributed by atoms with van der Waals surface area (Å²) in [6, 6.07) is 15.5. The number of aliphatic hydroxyl groups is 1. The van der Waals surface area contributed by atoms with Crippen molar-refractivity contribution in [2.24, 2.45) is 0 Å². The molecule has 0 aromatic heterocycles. The Balaban J connectivity index is 1.98. The summed E-state index contributed by atoms with van der Waals surface area (Å²) in [6.45, 7) is 11.4. The van der Waals surface area contributed by atoms with Crippen LogP contribution < -0.4 is 4.74 Å². The highest BCUT2D eigenvalue weighted by Crippen LogP contribution is 2.39. The van der Waals surface area contributed by atoms with Gasteiger partial charge in [0, 0.05) is 12.1 Å². The molecule has 1 amide bonds. The molecule has 2 aromatic rings. The molecule has 0 bridgehead atoms. The zero-order chi connectivity index (χ0) is 23.8. The molecule has 0 aliphatic carbocycles. The number of ether oxygens (including phenoxy) is 1. The molecule has 1 fully saturated rings. The zero-order valence-electron chi connectivity index (χ0n) is 19.4.